The minimum Gasteiger partial charge on any atom is -0.301 e. The molecule has 1 fully saturated rings. The van der Waals surface area contributed by atoms with E-state index in [1.165, 1.54) is 26.1 Å². The summed E-state index contributed by atoms with van der Waals surface area (Å²) in [6, 6.07) is 0.737. The van der Waals surface area contributed by atoms with E-state index in [2.05, 4.69) is 43.0 Å². The van der Waals surface area contributed by atoms with Crippen LogP contribution in [0.25, 0.3) is 0 Å². The molecule has 0 N–H and O–H groups in total. The van der Waals surface area contributed by atoms with Crippen LogP contribution >= 0.6 is 0 Å². The van der Waals surface area contributed by atoms with Crippen LogP contribution in [0.4, 0.5) is 0 Å². The fourth-order valence-electron chi connectivity index (χ4n) is 1.73. The summed E-state index contributed by atoms with van der Waals surface area (Å²) in [5.41, 5.74) is 0. The number of likely N-dealkylation sites (N-methyl/N-ethyl adjacent to an activating group) is 1. The molecule has 3 nitrogen and oxygen atoms in total. The minimum absolute atomic E-state index is 0.737. The van der Waals surface area contributed by atoms with Crippen LogP contribution in [-0.4, -0.2) is 61.7 Å². The lowest BCUT2D eigenvalue weighted by Gasteiger charge is -2.41. The Morgan fingerprint density at radius 2 is 2.00 bits per heavy atom. The van der Waals surface area contributed by atoms with Gasteiger partial charge in [-0.3, -0.25) is 0 Å². The van der Waals surface area contributed by atoms with Crippen LogP contribution in [0.1, 0.15) is 13.3 Å². The van der Waals surface area contributed by atoms with E-state index in [1.54, 1.807) is 0 Å². The molecule has 0 saturated carbocycles. The summed E-state index contributed by atoms with van der Waals surface area (Å²) in [6.07, 6.45) is 1.25. The lowest BCUT2D eigenvalue weighted by Crippen LogP contribution is -2.55. The maximum absolute atomic E-state index is 2.46. The monoisotopic (exact) mass is 171 g/mol. The fourth-order valence-corrected chi connectivity index (χ4v) is 1.73. The van der Waals surface area contributed by atoms with Gasteiger partial charge in [0.1, 0.15) is 0 Å². The predicted octanol–water partition coefficient (Wildman–Crippen LogP) is 0.489. The van der Waals surface area contributed by atoms with Crippen LogP contribution in [0.15, 0.2) is 0 Å². The number of piperazine rings is 1. The lowest BCUT2D eigenvalue weighted by molar-refractivity contribution is -0.0384. The van der Waals surface area contributed by atoms with E-state index in [0.29, 0.717) is 0 Å². The average molecular weight is 171 g/mol. The highest BCUT2D eigenvalue weighted by Gasteiger charge is 2.23. The summed E-state index contributed by atoms with van der Waals surface area (Å²) in [7, 11) is 6.47. The molecule has 0 aliphatic carbocycles. The molecule has 0 aromatic heterocycles. The molecule has 0 aromatic carbocycles. The van der Waals surface area contributed by atoms with Crippen molar-refractivity contribution in [2.24, 2.45) is 0 Å². The standard InChI is InChI=1S/C9H21N3/c1-5-9-8-12(10(2)3)7-6-11(9)4/h9H,5-8H2,1-4H3. The van der Waals surface area contributed by atoms with Crippen LogP contribution < -0.4 is 0 Å². The molecule has 3 heteroatoms. The van der Waals surface area contributed by atoms with Crippen LogP contribution in [-0.2, 0) is 0 Å². The largest absolute Gasteiger partial charge is 0.301 e. The molecule has 0 aromatic rings. The third-order valence-electron chi connectivity index (χ3n) is 2.79. The zero-order valence-corrected chi connectivity index (χ0v) is 8.75. The van der Waals surface area contributed by atoms with E-state index >= 15 is 0 Å². The molecule has 0 amide bonds. The SMILES string of the molecule is CCC1CN(N(C)C)CCN1C. The zero-order valence-electron chi connectivity index (χ0n) is 8.75. The van der Waals surface area contributed by atoms with Crippen molar-refractivity contribution in [3.05, 3.63) is 0 Å². The van der Waals surface area contributed by atoms with Gasteiger partial charge in [0, 0.05) is 39.8 Å². The Balaban J connectivity index is 2.44. The Morgan fingerprint density at radius 3 is 2.50 bits per heavy atom. The van der Waals surface area contributed by atoms with Crippen molar-refractivity contribution in [1.29, 1.82) is 0 Å². The van der Waals surface area contributed by atoms with E-state index in [0.717, 1.165) is 6.04 Å². The van der Waals surface area contributed by atoms with Crippen molar-refractivity contribution in [3.63, 3.8) is 0 Å². The highest BCUT2D eigenvalue weighted by Crippen LogP contribution is 2.10. The van der Waals surface area contributed by atoms with Gasteiger partial charge in [0.15, 0.2) is 0 Å². The van der Waals surface area contributed by atoms with Gasteiger partial charge in [-0.15, -0.1) is 0 Å². The minimum atomic E-state index is 0.737. The maximum Gasteiger partial charge on any atom is 0.0289 e. The number of rotatable bonds is 2. The first kappa shape index (κ1) is 9.96. The number of hydrazine groups is 1. The van der Waals surface area contributed by atoms with E-state index in [9.17, 15) is 0 Å². The third-order valence-corrected chi connectivity index (χ3v) is 2.79. The first-order valence-electron chi connectivity index (χ1n) is 4.77. The molecule has 0 spiro atoms. The van der Waals surface area contributed by atoms with Crippen LogP contribution in [0.5, 0.6) is 0 Å². The van der Waals surface area contributed by atoms with Gasteiger partial charge in [-0.05, 0) is 13.5 Å². The molecule has 12 heavy (non-hydrogen) atoms. The van der Waals surface area contributed by atoms with E-state index in [-0.39, 0.29) is 0 Å². The Kier molecular flexibility index (Phi) is 3.50. The highest BCUT2D eigenvalue weighted by atomic mass is 15.6. The highest BCUT2D eigenvalue weighted by molar-refractivity contribution is 4.76. The second kappa shape index (κ2) is 4.21. The molecular weight excluding hydrogens is 150 g/mol. The van der Waals surface area contributed by atoms with Gasteiger partial charge < -0.3 is 4.90 Å². The van der Waals surface area contributed by atoms with Gasteiger partial charge in [0.2, 0.25) is 0 Å². The average Bonchev–Trinajstić information content (AvgIpc) is 2.05. The van der Waals surface area contributed by atoms with Crippen LogP contribution in [0.2, 0.25) is 0 Å². The topological polar surface area (TPSA) is 9.72 Å². The van der Waals surface area contributed by atoms with Crippen LogP contribution in [0, 0.1) is 0 Å². The summed E-state index contributed by atoms with van der Waals surface area (Å²) in [5, 5.41) is 4.61. The van der Waals surface area contributed by atoms with Gasteiger partial charge in [0.05, 0.1) is 0 Å². The Bertz CT molecular complexity index is 136. The smallest absolute Gasteiger partial charge is 0.0289 e. The molecule has 0 radical (unpaired) electrons. The summed E-state index contributed by atoms with van der Waals surface area (Å²) in [5.74, 6) is 0. The van der Waals surface area contributed by atoms with Gasteiger partial charge in [-0.1, -0.05) is 6.92 Å². The fraction of sp³-hybridized carbons (Fsp3) is 1.00. The summed E-state index contributed by atoms with van der Waals surface area (Å²) in [6.45, 7) is 5.80. The van der Waals surface area contributed by atoms with Crippen molar-refractivity contribution in [3.8, 4) is 0 Å². The number of hydrogen-bond donors (Lipinski definition) is 0. The third kappa shape index (κ3) is 2.19. The Morgan fingerprint density at radius 1 is 1.33 bits per heavy atom. The molecule has 1 saturated heterocycles. The van der Waals surface area contributed by atoms with Crippen molar-refractivity contribution in [2.75, 3.05) is 40.8 Å². The van der Waals surface area contributed by atoms with Crippen molar-refractivity contribution >= 4 is 0 Å². The zero-order chi connectivity index (χ0) is 9.14. The normalized spacial score (nSPS) is 28.2. The van der Waals surface area contributed by atoms with Gasteiger partial charge in [0.25, 0.3) is 0 Å². The van der Waals surface area contributed by atoms with Crippen molar-refractivity contribution < 1.29 is 0 Å². The first-order chi connectivity index (χ1) is 5.65. The Labute approximate surface area is 75.9 Å². The van der Waals surface area contributed by atoms with E-state index in [1.807, 2.05) is 0 Å². The number of nitrogens with zero attached hydrogens (tertiary/aromatic N) is 3. The quantitative estimate of drug-likeness (QED) is 0.598. The Hall–Kier alpha value is -0.120. The van der Waals surface area contributed by atoms with Crippen molar-refractivity contribution in [2.45, 2.75) is 19.4 Å². The van der Waals surface area contributed by atoms with Gasteiger partial charge in [-0.2, -0.15) is 0 Å². The summed E-state index contributed by atoms with van der Waals surface area (Å²) >= 11 is 0. The van der Waals surface area contributed by atoms with E-state index in [4.69, 9.17) is 0 Å². The van der Waals surface area contributed by atoms with Crippen molar-refractivity contribution in [1.82, 2.24) is 14.9 Å². The van der Waals surface area contributed by atoms with E-state index < -0.39 is 0 Å². The molecular formula is C9H21N3. The second-order valence-corrected chi connectivity index (χ2v) is 3.80. The molecule has 0 bridgehead atoms. The molecule has 1 aliphatic heterocycles. The molecule has 1 unspecified atom stereocenters. The van der Waals surface area contributed by atoms with Gasteiger partial charge >= 0.3 is 0 Å². The van der Waals surface area contributed by atoms with Gasteiger partial charge in [-0.25, -0.2) is 10.0 Å². The molecule has 72 valence electrons. The lowest BCUT2D eigenvalue weighted by atomic mass is 10.1. The second-order valence-electron chi connectivity index (χ2n) is 3.80. The van der Waals surface area contributed by atoms with Crippen LogP contribution in [0.3, 0.4) is 0 Å². The summed E-state index contributed by atoms with van der Waals surface area (Å²) < 4.78 is 0. The molecule has 1 rings (SSSR count). The molecule has 1 atom stereocenters. The number of hydrogen-bond acceptors (Lipinski definition) is 3. The first-order valence-corrected chi connectivity index (χ1v) is 4.77. The molecule has 1 aliphatic rings. The predicted molar refractivity (Wildman–Crippen MR) is 52.0 cm³/mol. The summed E-state index contributed by atoms with van der Waals surface area (Å²) in [4.78, 5) is 2.46. The molecule has 1 heterocycles. The maximum atomic E-state index is 2.46.